The van der Waals surface area contributed by atoms with E-state index in [1.54, 1.807) is 0 Å². The molecule has 0 atom stereocenters. The second kappa shape index (κ2) is 7.58. The summed E-state index contributed by atoms with van der Waals surface area (Å²) in [6.45, 7) is 6.27. The minimum atomic E-state index is -3.70. The summed E-state index contributed by atoms with van der Waals surface area (Å²) in [7, 11) is -3.70. The highest BCUT2D eigenvalue weighted by molar-refractivity contribution is 7.89. The molecule has 2 aromatic heterocycles. The van der Waals surface area contributed by atoms with Gasteiger partial charge in [-0.3, -0.25) is 14.5 Å². The van der Waals surface area contributed by atoms with Crippen molar-refractivity contribution in [3.63, 3.8) is 0 Å². The van der Waals surface area contributed by atoms with Gasteiger partial charge in [0.1, 0.15) is 4.90 Å². The highest BCUT2D eigenvalue weighted by Crippen LogP contribution is 2.19. The van der Waals surface area contributed by atoms with Crippen LogP contribution in [0.1, 0.15) is 32.4 Å². The number of anilines is 1. The van der Waals surface area contributed by atoms with E-state index < -0.39 is 10.0 Å². The first-order chi connectivity index (χ1) is 12.4. The molecule has 1 saturated heterocycles. The van der Waals surface area contributed by atoms with Crippen molar-refractivity contribution in [3.05, 3.63) is 34.5 Å². The number of H-pyrrole nitrogens is 1. The molecular formula is C16H24N6O3S. The molecule has 0 bridgehead atoms. The van der Waals surface area contributed by atoms with Crippen LogP contribution in [-0.2, 0) is 23.1 Å². The zero-order valence-electron chi connectivity index (χ0n) is 15.0. The van der Waals surface area contributed by atoms with Crippen molar-refractivity contribution in [2.24, 2.45) is 5.92 Å². The van der Waals surface area contributed by atoms with Crippen molar-refractivity contribution >= 4 is 16.0 Å². The highest BCUT2D eigenvalue weighted by atomic mass is 32.2. The van der Waals surface area contributed by atoms with Crippen LogP contribution < -0.4 is 15.2 Å². The lowest BCUT2D eigenvalue weighted by molar-refractivity contribution is 0.434. The topological polar surface area (TPSA) is 113 Å². The molecule has 9 nitrogen and oxygen atoms in total. The molecule has 0 aliphatic carbocycles. The monoisotopic (exact) mass is 380 g/mol. The lowest BCUT2D eigenvalue weighted by atomic mass is 10.00. The van der Waals surface area contributed by atoms with Crippen LogP contribution in [0, 0.1) is 5.92 Å². The average Bonchev–Trinajstić information content (AvgIpc) is 3.10. The van der Waals surface area contributed by atoms with Crippen molar-refractivity contribution < 1.29 is 8.42 Å². The number of hydrogen-bond donors (Lipinski definition) is 2. The van der Waals surface area contributed by atoms with Crippen molar-refractivity contribution in [3.8, 4) is 0 Å². The normalized spacial score (nSPS) is 16.2. The summed E-state index contributed by atoms with van der Waals surface area (Å²) >= 11 is 0. The van der Waals surface area contributed by atoms with E-state index in [2.05, 4.69) is 26.7 Å². The van der Waals surface area contributed by atoms with Gasteiger partial charge in [-0.2, -0.15) is 5.10 Å². The van der Waals surface area contributed by atoms with E-state index in [0.29, 0.717) is 24.1 Å². The number of piperidine rings is 1. The second-order valence-corrected chi connectivity index (χ2v) is 8.35. The molecule has 2 N–H and O–H groups in total. The molecule has 2 aromatic rings. The maximum atomic E-state index is 12.4. The van der Waals surface area contributed by atoms with Gasteiger partial charge in [0.25, 0.3) is 5.56 Å². The Kier molecular flexibility index (Phi) is 5.42. The first kappa shape index (κ1) is 18.6. The average molecular weight is 380 g/mol. The molecule has 1 aliphatic heterocycles. The third kappa shape index (κ3) is 4.31. The number of aryl methyl sites for hydroxylation is 1. The zero-order chi connectivity index (χ0) is 18.7. The Hall–Kier alpha value is -2.20. The summed E-state index contributed by atoms with van der Waals surface area (Å²) < 4.78 is 28.7. The van der Waals surface area contributed by atoms with E-state index in [0.717, 1.165) is 25.9 Å². The van der Waals surface area contributed by atoms with Gasteiger partial charge in [0, 0.05) is 31.9 Å². The van der Waals surface area contributed by atoms with Gasteiger partial charge < -0.3 is 4.90 Å². The molecular weight excluding hydrogens is 356 g/mol. The molecule has 1 aliphatic rings. The third-order valence-corrected chi connectivity index (χ3v) is 5.91. The van der Waals surface area contributed by atoms with Gasteiger partial charge in [-0.05, 0) is 25.7 Å². The van der Waals surface area contributed by atoms with Crippen molar-refractivity contribution in [1.29, 1.82) is 0 Å². The van der Waals surface area contributed by atoms with E-state index in [9.17, 15) is 13.2 Å². The Morgan fingerprint density at radius 2 is 2.08 bits per heavy atom. The zero-order valence-corrected chi connectivity index (χ0v) is 15.8. The predicted molar refractivity (Wildman–Crippen MR) is 97.4 cm³/mol. The number of nitrogens with one attached hydrogen (secondary N) is 2. The largest absolute Gasteiger partial charge is 0.342 e. The summed E-state index contributed by atoms with van der Waals surface area (Å²) in [4.78, 5) is 21.2. The van der Waals surface area contributed by atoms with Gasteiger partial charge in [0.15, 0.2) is 0 Å². The highest BCUT2D eigenvalue weighted by Gasteiger charge is 2.20. The number of sulfonamides is 1. The molecule has 26 heavy (non-hydrogen) atoms. The Balaban J connectivity index is 1.72. The lowest BCUT2D eigenvalue weighted by Gasteiger charge is -2.30. The number of nitrogens with zero attached hydrogens (tertiary/aromatic N) is 4. The van der Waals surface area contributed by atoms with Crippen LogP contribution in [0.4, 0.5) is 5.95 Å². The fraction of sp³-hybridized carbons (Fsp3) is 0.562. The summed E-state index contributed by atoms with van der Waals surface area (Å²) in [6, 6.07) is 1.31. The van der Waals surface area contributed by atoms with Crippen molar-refractivity contribution in [2.75, 3.05) is 18.0 Å². The number of aromatic amines is 1. The molecule has 1 fully saturated rings. The van der Waals surface area contributed by atoms with Gasteiger partial charge in [-0.15, -0.1) is 0 Å². The molecule has 0 saturated carbocycles. The Morgan fingerprint density at radius 3 is 2.73 bits per heavy atom. The first-order valence-electron chi connectivity index (χ1n) is 8.74. The lowest BCUT2D eigenvalue weighted by Crippen LogP contribution is -2.35. The second-order valence-electron chi connectivity index (χ2n) is 6.59. The fourth-order valence-corrected chi connectivity index (χ4v) is 3.81. The standard InChI is InChI=1S/C16H24N6O3S/c1-3-22-11-14(10-17-22)26(24,25)18-9-13-8-15(23)20-16(19-13)21-6-4-12(2)5-7-21/h8,10-12,18H,3-7,9H2,1-2H3,(H,19,20,23). The predicted octanol–water partition coefficient (Wildman–Crippen LogP) is 0.701. The number of hydrogen-bond acceptors (Lipinski definition) is 6. The molecule has 0 spiro atoms. The van der Waals surface area contributed by atoms with Crippen molar-refractivity contribution in [1.82, 2.24) is 24.5 Å². The van der Waals surface area contributed by atoms with Crippen LogP contribution in [-0.4, -0.2) is 41.3 Å². The van der Waals surface area contributed by atoms with Gasteiger partial charge in [-0.1, -0.05) is 6.92 Å². The molecule has 0 amide bonds. The summed E-state index contributed by atoms with van der Waals surface area (Å²) in [5.74, 6) is 1.16. The maximum absolute atomic E-state index is 12.4. The SMILES string of the molecule is CCn1cc(S(=O)(=O)NCc2cc(=O)[nH]c(N3CCC(C)CC3)n2)cn1. The molecule has 3 heterocycles. The number of rotatable bonds is 6. The molecule has 0 radical (unpaired) electrons. The minimum Gasteiger partial charge on any atom is -0.342 e. The maximum Gasteiger partial charge on any atom is 0.252 e. The minimum absolute atomic E-state index is 0.0548. The molecule has 0 unspecified atom stereocenters. The molecule has 3 rings (SSSR count). The molecule has 10 heteroatoms. The smallest absolute Gasteiger partial charge is 0.252 e. The van der Waals surface area contributed by atoms with Crippen LogP contribution in [0.5, 0.6) is 0 Å². The van der Waals surface area contributed by atoms with Crippen LogP contribution in [0.3, 0.4) is 0 Å². The first-order valence-corrected chi connectivity index (χ1v) is 10.2. The van der Waals surface area contributed by atoms with Gasteiger partial charge in [-0.25, -0.2) is 18.1 Å². The quantitative estimate of drug-likeness (QED) is 0.763. The van der Waals surface area contributed by atoms with Crippen LogP contribution in [0.25, 0.3) is 0 Å². The van der Waals surface area contributed by atoms with E-state index >= 15 is 0 Å². The number of aromatic nitrogens is 4. The summed E-state index contributed by atoms with van der Waals surface area (Å²) in [5.41, 5.74) is 0.0930. The van der Waals surface area contributed by atoms with Gasteiger partial charge >= 0.3 is 0 Å². The summed E-state index contributed by atoms with van der Waals surface area (Å²) in [6.07, 6.45) is 4.86. The molecule has 142 valence electrons. The Labute approximate surface area is 152 Å². The van der Waals surface area contributed by atoms with Crippen LogP contribution >= 0.6 is 0 Å². The van der Waals surface area contributed by atoms with Crippen molar-refractivity contribution in [2.45, 2.75) is 44.7 Å². The van der Waals surface area contributed by atoms with Gasteiger partial charge in [0.05, 0.1) is 18.4 Å². The Morgan fingerprint density at radius 1 is 1.35 bits per heavy atom. The van der Waals surface area contributed by atoms with E-state index in [1.165, 1.54) is 23.1 Å². The third-order valence-electron chi connectivity index (χ3n) is 4.55. The summed E-state index contributed by atoms with van der Waals surface area (Å²) in [5, 5.41) is 3.97. The van der Waals surface area contributed by atoms with E-state index in [4.69, 9.17) is 0 Å². The van der Waals surface area contributed by atoms with Crippen LogP contribution in [0.2, 0.25) is 0 Å². The Bertz CT molecular complexity index is 912. The van der Waals surface area contributed by atoms with Gasteiger partial charge in [0.2, 0.25) is 16.0 Å². The van der Waals surface area contributed by atoms with E-state index in [1.807, 2.05) is 11.8 Å². The van der Waals surface area contributed by atoms with E-state index in [-0.39, 0.29) is 17.0 Å². The fourth-order valence-electron chi connectivity index (χ4n) is 2.86. The van der Waals surface area contributed by atoms with Crippen LogP contribution in [0.15, 0.2) is 28.2 Å². The molecule has 0 aromatic carbocycles.